The highest BCUT2D eigenvalue weighted by molar-refractivity contribution is 5.14. The van der Waals surface area contributed by atoms with Gasteiger partial charge in [-0.05, 0) is 56.8 Å². The van der Waals surface area contributed by atoms with E-state index in [-0.39, 0.29) is 0 Å². The van der Waals surface area contributed by atoms with Gasteiger partial charge in [0.15, 0.2) is 0 Å². The third-order valence-electron chi connectivity index (χ3n) is 5.50. The predicted octanol–water partition coefficient (Wildman–Crippen LogP) is 2.76. The van der Waals surface area contributed by atoms with Gasteiger partial charge in [-0.15, -0.1) is 0 Å². The number of hydrogen-bond acceptors (Lipinski definition) is 3. The van der Waals surface area contributed by atoms with E-state index in [4.69, 9.17) is 5.73 Å². The van der Waals surface area contributed by atoms with Crippen LogP contribution in [0.5, 0.6) is 0 Å². The summed E-state index contributed by atoms with van der Waals surface area (Å²) in [5, 5.41) is 3.94. The summed E-state index contributed by atoms with van der Waals surface area (Å²) in [6, 6.07) is 12.2. The number of nitrogens with one attached hydrogen (secondary N) is 1. The Kier molecular flexibility index (Phi) is 5.88. The molecule has 1 saturated heterocycles. The molecule has 1 aliphatic heterocycles. The predicted molar refractivity (Wildman–Crippen MR) is 92.7 cm³/mol. The van der Waals surface area contributed by atoms with Crippen LogP contribution < -0.4 is 11.1 Å². The minimum absolute atomic E-state index is 0.671. The van der Waals surface area contributed by atoms with Gasteiger partial charge < -0.3 is 11.1 Å². The van der Waals surface area contributed by atoms with E-state index in [2.05, 4.69) is 40.5 Å². The molecule has 0 radical (unpaired) electrons. The van der Waals surface area contributed by atoms with Crippen molar-refractivity contribution in [3.8, 4) is 0 Å². The minimum Gasteiger partial charge on any atom is -0.330 e. The first-order valence-electron chi connectivity index (χ1n) is 9.07. The number of nitrogens with zero attached hydrogens (tertiary/aromatic N) is 1. The molecule has 0 aromatic heterocycles. The summed E-state index contributed by atoms with van der Waals surface area (Å²) in [4.78, 5) is 2.59. The summed E-state index contributed by atoms with van der Waals surface area (Å²) in [6.45, 7) is 4.38. The second-order valence-corrected chi connectivity index (χ2v) is 7.09. The van der Waals surface area contributed by atoms with Crippen LogP contribution in [0, 0.1) is 5.92 Å². The highest BCUT2D eigenvalue weighted by Crippen LogP contribution is 2.25. The summed E-state index contributed by atoms with van der Waals surface area (Å²) in [6.07, 6.45) is 7.95. The van der Waals surface area contributed by atoms with E-state index in [1.165, 1.54) is 57.2 Å². The normalized spacial score (nSPS) is 27.9. The van der Waals surface area contributed by atoms with Gasteiger partial charge in [0.05, 0.1) is 0 Å². The lowest BCUT2D eigenvalue weighted by molar-refractivity contribution is 0.163. The fraction of sp³-hybridized carbons (Fsp3) is 0.684. The topological polar surface area (TPSA) is 41.3 Å². The number of benzene rings is 1. The van der Waals surface area contributed by atoms with Crippen molar-refractivity contribution in [3.05, 3.63) is 35.9 Å². The Morgan fingerprint density at radius 2 is 1.73 bits per heavy atom. The molecule has 3 rings (SSSR count). The zero-order valence-electron chi connectivity index (χ0n) is 13.7. The zero-order valence-corrected chi connectivity index (χ0v) is 13.7. The van der Waals surface area contributed by atoms with Crippen LogP contribution in [-0.2, 0) is 6.54 Å². The number of likely N-dealkylation sites (tertiary alicyclic amines) is 1. The Labute approximate surface area is 135 Å². The van der Waals surface area contributed by atoms with Crippen molar-refractivity contribution < 1.29 is 0 Å². The lowest BCUT2D eigenvalue weighted by Crippen LogP contribution is -2.50. The molecule has 3 heteroatoms. The average molecular weight is 301 g/mol. The van der Waals surface area contributed by atoms with Crippen molar-refractivity contribution in [2.45, 2.75) is 57.2 Å². The maximum Gasteiger partial charge on any atom is 0.0233 e. The van der Waals surface area contributed by atoms with Gasteiger partial charge in [-0.25, -0.2) is 0 Å². The number of hydrogen-bond donors (Lipinski definition) is 2. The van der Waals surface area contributed by atoms with E-state index in [0.717, 1.165) is 13.1 Å². The van der Waals surface area contributed by atoms with Crippen LogP contribution in [0.3, 0.4) is 0 Å². The summed E-state index contributed by atoms with van der Waals surface area (Å²) < 4.78 is 0. The van der Waals surface area contributed by atoms with Gasteiger partial charge in [0.1, 0.15) is 0 Å². The third kappa shape index (κ3) is 4.31. The van der Waals surface area contributed by atoms with Crippen LogP contribution in [-0.4, -0.2) is 36.6 Å². The molecule has 22 heavy (non-hydrogen) atoms. The highest BCUT2D eigenvalue weighted by Gasteiger charge is 2.27. The van der Waals surface area contributed by atoms with Crippen molar-refractivity contribution in [2.75, 3.05) is 19.6 Å². The Morgan fingerprint density at radius 3 is 2.45 bits per heavy atom. The van der Waals surface area contributed by atoms with E-state index in [1.54, 1.807) is 0 Å². The molecule has 3 nitrogen and oxygen atoms in total. The maximum absolute atomic E-state index is 5.96. The van der Waals surface area contributed by atoms with Crippen molar-refractivity contribution in [2.24, 2.45) is 11.7 Å². The largest absolute Gasteiger partial charge is 0.330 e. The van der Waals surface area contributed by atoms with E-state index < -0.39 is 0 Å². The van der Waals surface area contributed by atoms with Gasteiger partial charge in [0.25, 0.3) is 0 Å². The van der Waals surface area contributed by atoms with Crippen molar-refractivity contribution >= 4 is 0 Å². The molecule has 2 unspecified atom stereocenters. The smallest absolute Gasteiger partial charge is 0.0233 e. The minimum atomic E-state index is 0.671. The van der Waals surface area contributed by atoms with Gasteiger partial charge >= 0.3 is 0 Å². The van der Waals surface area contributed by atoms with E-state index >= 15 is 0 Å². The van der Waals surface area contributed by atoms with Crippen LogP contribution in [0.4, 0.5) is 0 Å². The molecular weight excluding hydrogens is 270 g/mol. The van der Waals surface area contributed by atoms with Crippen molar-refractivity contribution in [1.29, 1.82) is 0 Å². The molecule has 2 atom stereocenters. The summed E-state index contributed by atoms with van der Waals surface area (Å²) in [7, 11) is 0. The van der Waals surface area contributed by atoms with Crippen LogP contribution >= 0.6 is 0 Å². The second-order valence-electron chi connectivity index (χ2n) is 7.09. The summed E-state index contributed by atoms with van der Waals surface area (Å²) in [5.74, 6) is 0.705. The molecule has 2 aliphatic rings. The lowest BCUT2D eigenvalue weighted by atomic mass is 9.83. The van der Waals surface area contributed by atoms with Crippen LogP contribution in [0.1, 0.15) is 44.1 Å². The third-order valence-corrected chi connectivity index (χ3v) is 5.50. The second kappa shape index (κ2) is 8.09. The van der Waals surface area contributed by atoms with Gasteiger partial charge in [0.2, 0.25) is 0 Å². The lowest BCUT2D eigenvalue weighted by Gasteiger charge is -2.38. The van der Waals surface area contributed by atoms with Crippen LogP contribution in [0.15, 0.2) is 30.3 Å². The first-order chi connectivity index (χ1) is 10.8. The monoisotopic (exact) mass is 301 g/mol. The van der Waals surface area contributed by atoms with Crippen molar-refractivity contribution in [3.63, 3.8) is 0 Å². The molecule has 1 heterocycles. The molecule has 1 saturated carbocycles. The fourth-order valence-corrected chi connectivity index (χ4v) is 4.11. The first kappa shape index (κ1) is 16.0. The van der Waals surface area contributed by atoms with Gasteiger partial charge in [-0.1, -0.05) is 43.2 Å². The van der Waals surface area contributed by atoms with Crippen LogP contribution in [0.2, 0.25) is 0 Å². The maximum atomic E-state index is 5.96. The van der Waals surface area contributed by atoms with E-state index in [0.29, 0.717) is 18.0 Å². The Morgan fingerprint density at radius 1 is 1.00 bits per heavy atom. The summed E-state index contributed by atoms with van der Waals surface area (Å²) >= 11 is 0. The SMILES string of the molecule is NCC1CCCCC1NC1CCN(Cc2ccccc2)CC1. The molecular formula is C19H31N3. The molecule has 1 aromatic rings. The number of rotatable bonds is 5. The van der Waals surface area contributed by atoms with Gasteiger partial charge in [-0.2, -0.15) is 0 Å². The van der Waals surface area contributed by atoms with Gasteiger partial charge in [0, 0.05) is 18.6 Å². The van der Waals surface area contributed by atoms with E-state index in [9.17, 15) is 0 Å². The average Bonchev–Trinajstić information content (AvgIpc) is 2.58. The first-order valence-corrected chi connectivity index (χ1v) is 9.07. The Hall–Kier alpha value is -0.900. The fourth-order valence-electron chi connectivity index (χ4n) is 4.11. The molecule has 0 bridgehead atoms. The van der Waals surface area contributed by atoms with Crippen LogP contribution in [0.25, 0.3) is 0 Å². The number of nitrogens with two attached hydrogens (primary N) is 1. The molecule has 1 aromatic carbocycles. The number of piperidine rings is 1. The molecule has 0 spiro atoms. The van der Waals surface area contributed by atoms with Gasteiger partial charge in [-0.3, -0.25) is 4.90 Å². The van der Waals surface area contributed by atoms with E-state index in [1.807, 2.05) is 0 Å². The Bertz CT molecular complexity index is 426. The molecule has 122 valence electrons. The highest BCUT2D eigenvalue weighted by atomic mass is 15.1. The zero-order chi connectivity index (χ0) is 15.2. The molecule has 0 amide bonds. The summed E-state index contributed by atoms with van der Waals surface area (Å²) in [5.41, 5.74) is 7.39. The molecule has 1 aliphatic carbocycles. The van der Waals surface area contributed by atoms with Crippen molar-refractivity contribution in [1.82, 2.24) is 10.2 Å². The quantitative estimate of drug-likeness (QED) is 0.878. The molecule has 3 N–H and O–H groups in total. The standard InChI is InChI=1S/C19H31N3/c20-14-17-8-4-5-9-19(17)21-18-10-12-22(13-11-18)15-16-6-2-1-3-7-16/h1-3,6-7,17-19,21H,4-5,8-15,20H2. The molecule has 2 fully saturated rings. The Balaban J connectivity index is 1.43.